The summed E-state index contributed by atoms with van der Waals surface area (Å²) in [6.45, 7) is 0.937. The molecule has 1 N–H and O–H groups in total. The van der Waals surface area contributed by atoms with E-state index in [0.29, 0.717) is 18.7 Å². The molecule has 0 aliphatic rings. The zero-order valence-corrected chi connectivity index (χ0v) is 12.3. The fourth-order valence-corrected chi connectivity index (χ4v) is 2.28. The Morgan fingerprint density at radius 3 is 2.70 bits per heavy atom. The van der Waals surface area contributed by atoms with E-state index in [1.165, 1.54) is 24.5 Å². The molecule has 0 atom stereocenters. The van der Waals surface area contributed by atoms with Crippen molar-refractivity contribution in [2.24, 2.45) is 0 Å². The Morgan fingerprint density at radius 2 is 1.96 bits per heavy atom. The molecule has 6 heteroatoms. The molecule has 5 nitrogen and oxygen atoms in total. The van der Waals surface area contributed by atoms with Crippen molar-refractivity contribution in [2.45, 2.75) is 13.1 Å². The minimum atomic E-state index is -0.427. The number of carbonyl (C=O) groups is 1. The zero-order valence-electron chi connectivity index (χ0n) is 12.3. The fourth-order valence-electron chi connectivity index (χ4n) is 2.28. The Kier molecular flexibility index (Phi) is 4.42. The van der Waals surface area contributed by atoms with Gasteiger partial charge in [-0.1, -0.05) is 30.3 Å². The van der Waals surface area contributed by atoms with Crippen LogP contribution in [0.15, 0.2) is 61.2 Å². The summed E-state index contributed by atoms with van der Waals surface area (Å²) in [4.78, 5) is 16.0. The molecule has 0 fully saturated rings. The van der Waals surface area contributed by atoms with E-state index >= 15 is 0 Å². The van der Waals surface area contributed by atoms with Crippen LogP contribution in [0.2, 0.25) is 0 Å². The smallest absolute Gasteiger partial charge is 0.251 e. The lowest BCUT2D eigenvalue weighted by Crippen LogP contribution is -2.23. The number of halogens is 1. The van der Waals surface area contributed by atoms with Crippen molar-refractivity contribution in [3.8, 4) is 0 Å². The van der Waals surface area contributed by atoms with Gasteiger partial charge < -0.3 is 5.32 Å². The predicted molar refractivity (Wildman–Crippen MR) is 83.1 cm³/mol. The number of rotatable bonds is 5. The fraction of sp³-hybridized carbons (Fsp3) is 0.118. The first-order valence-electron chi connectivity index (χ1n) is 7.15. The molecule has 0 spiro atoms. The number of hydrogen-bond donors (Lipinski definition) is 1. The monoisotopic (exact) mass is 310 g/mol. The minimum absolute atomic E-state index is 0.304. The van der Waals surface area contributed by atoms with Gasteiger partial charge in [0.25, 0.3) is 5.91 Å². The highest BCUT2D eigenvalue weighted by molar-refractivity contribution is 5.94. The maximum Gasteiger partial charge on any atom is 0.251 e. The van der Waals surface area contributed by atoms with E-state index in [2.05, 4.69) is 15.4 Å². The average Bonchev–Trinajstić information content (AvgIpc) is 3.07. The molecular weight excluding hydrogens is 295 g/mol. The van der Waals surface area contributed by atoms with Gasteiger partial charge in [-0.2, -0.15) is 5.10 Å². The topological polar surface area (TPSA) is 59.8 Å². The van der Waals surface area contributed by atoms with E-state index in [4.69, 9.17) is 0 Å². The summed E-state index contributed by atoms with van der Waals surface area (Å²) in [6, 6.07) is 13.4. The summed E-state index contributed by atoms with van der Waals surface area (Å²) in [5.41, 5.74) is 2.32. The second-order valence-electron chi connectivity index (χ2n) is 5.05. The first kappa shape index (κ1) is 14.9. The number of benzene rings is 2. The van der Waals surface area contributed by atoms with Gasteiger partial charge >= 0.3 is 0 Å². The number of nitrogens with zero attached hydrogens (tertiary/aromatic N) is 3. The molecule has 3 rings (SSSR count). The molecule has 0 saturated carbocycles. The molecule has 0 bridgehead atoms. The van der Waals surface area contributed by atoms with E-state index in [0.717, 1.165) is 11.1 Å². The Balaban J connectivity index is 1.69. The molecule has 1 amide bonds. The van der Waals surface area contributed by atoms with E-state index in [1.54, 1.807) is 17.1 Å². The quantitative estimate of drug-likeness (QED) is 0.787. The normalized spacial score (nSPS) is 10.5. The third-order valence-corrected chi connectivity index (χ3v) is 3.44. The number of nitrogens with one attached hydrogen (secondary N) is 1. The maximum absolute atomic E-state index is 13.2. The van der Waals surface area contributed by atoms with Gasteiger partial charge in [-0.15, -0.1) is 0 Å². The molecule has 0 saturated heterocycles. The molecule has 116 valence electrons. The third kappa shape index (κ3) is 3.79. The van der Waals surface area contributed by atoms with Crippen LogP contribution in [0.4, 0.5) is 4.39 Å². The Morgan fingerprint density at radius 1 is 1.13 bits per heavy atom. The van der Waals surface area contributed by atoms with Crippen molar-refractivity contribution < 1.29 is 9.18 Å². The van der Waals surface area contributed by atoms with Crippen LogP contribution in [0, 0.1) is 5.82 Å². The number of amides is 1. The molecular formula is C17H15FN4O. The van der Waals surface area contributed by atoms with Crippen molar-refractivity contribution in [1.29, 1.82) is 0 Å². The largest absolute Gasteiger partial charge is 0.348 e. The lowest BCUT2D eigenvalue weighted by Gasteiger charge is -2.11. The van der Waals surface area contributed by atoms with Crippen molar-refractivity contribution in [2.75, 3.05) is 0 Å². The zero-order chi connectivity index (χ0) is 16.1. The molecule has 2 aromatic carbocycles. The van der Waals surface area contributed by atoms with Gasteiger partial charge in [-0.25, -0.2) is 14.1 Å². The number of hydrogen-bond acceptors (Lipinski definition) is 3. The maximum atomic E-state index is 13.2. The van der Waals surface area contributed by atoms with Crippen LogP contribution in [0.3, 0.4) is 0 Å². The molecule has 0 aliphatic carbocycles. The van der Waals surface area contributed by atoms with Crippen molar-refractivity contribution in [3.63, 3.8) is 0 Å². The van der Waals surface area contributed by atoms with Crippen LogP contribution in [0.25, 0.3) is 0 Å². The van der Waals surface area contributed by atoms with Crippen molar-refractivity contribution in [3.05, 3.63) is 83.7 Å². The number of carbonyl (C=O) groups excluding carboxylic acids is 1. The van der Waals surface area contributed by atoms with Crippen LogP contribution in [0.5, 0.6) is 0 Å². The molecule has 23 heavy (non-hydrogen) atoms. The average molecular weight is 310 g/mol. The van der Waals surface area contributed by atoms with Crippen LogP contribution in [-0.4, -0.2) is 20.7 Å². The third-order valence-electron chi connectivity index (χ3n) is 3.44. The van der Waals surface area contributed by atoms with Gasteiger partial charge in [0.2, 0.25) is 0 Å². The molecule has 1 aromatic heterocycles. The van der Waals surface area contributed by atoms with Crippen LogP contribution in [-0.2, 0) is 13.1 Å². The summed E-state index contributed by atoms with van der Waals surface area (Å²) >= 11 is 0. The first-order chi connectivity index (χ1) is 11.2. The molecule has 3 aromatic rings. The first-order valence-corrected chi connectivity index (χ1v) is 7.15. The van der Waals surface area contributed by atoms with Gasteiger partial charge in [0.05, 0.1) is 6.54 Å². The summed E-state index contributed by atoms with van der Waals surface area (Å²) in [7, 11) is 0. The lowest BCUT2D eigenvalue weighted by atomic mass is 10.1. The second-order valence-corrected chi connectivity index (χ2v) is 5.05. The number of aromatic nitrogens is 3. The highest BCUT2D eigenvalue weighted by Gasteiger charge is 2.08. The van der Waals surface area contributed by atoms with Crippen LogP contribution >= 0.6 is 0 Å². The van der Waals surface area contributed by atoms with Crippen molar-refractivity contribution >= 4 is 5.91 Å². The summed E-state index contributed by atoms with van der Waals surface area (Å²) in [6.07, 6.45) is 3.12. The van der Waals surface area contributed by atoms with Gasteiger partial charge in [-0.05, 0) is 29.3 Å². The Labute approximate surface area is 132 Å². The lowest BCUT2D eigenvalue weighted by molar-refractivity contribution is 0.0950. The highest BCUT2D eigenvalue weighted by Crippen LogP contribution is 2.11. The summed E-state index contributed by atoms with van der Waals surface area (Å²) in [5, 5.41) is 6.89. The van der Waals surface area contributed by atoms with E-state index < -0.39 is 5.82 Å². The summed E-state index contributed by atoms with van der Waals surface area (Å²) in [5.74, 6) is -0.732. The SMILES string of the molecule is O=C(NCc1ccccc1Cn1cncn1)c1cccc(F)c1. The molecule has 0 unspecified atom stereocenters. The predicted octanol–water partition coefficient (Wildman–Crippen LogP) is 2.40. The standard InChI is InChI=1S/C17H15FN4O/c18-16-7-3-6-13(8-16)17(23)20-9-14-4-1-2-5-15(14)10-22-12-19-11-21-22/h1-8,11-12H,9-10H2,(H,20,23). The molecule has 0 radical (unpaired) electrons. The van der Waals surface area contributed by atoms with Gasteiger partial charge in [-0.3, -0.25) is 4.79 Å². The minimum Gasteiger partial charge on any atom is -0.348 e. The second kappa shape index (κ2) is 6.83. The van der Waals surface area contributed by atoms with Gasteiger partial charge in [0.15, 0.2) is 0 Å². The van der Waals surface area contributed by atoms with E-state index in [-0.39, 0.29) is 5.91 Å². The van der Waals surface area contributed by atoms with E-state index in [1.807, 2.05) is 24.3 Å². The van der Waals surface area contributed by atoms with Gasteiger partial charge in [0.1, 0.15) is 18.5 Å². The summed E-state index contributed by atoms with van der Waals surface area (Å²) < 4.78 is 14.9. The highest BCUT2D eigenvalue weighted by atomic mass is 19.1. The van der Waals surface area contributed by atoms with E-state index in [9.17, 15) is 9.18 Å². The van der Waals surface area contributed by atoms with Crippen LogP contribution < -0.4 is 5.32 Å². The van der Waals surface area contributed by atoms with Crippen LogP contribution in [0.1, 0.15) is 21.5 Å². The molecule has 0 aliphatic heterocycles. The molecule has 1 heterocycles. The Hall–Kier alpha value is -3.02. The van der Waals surface area contributed by atoms with Crippen molar-refractivity contribution in [1.82, 2.24) is 20.1 Å². The Bertz CT molecular complexity index is 802. The van der Waals surface area contributed by atoms with Gasteiger partial charge in [0, 0.05) is 12.1 Å².